The highest BCUT2D eigenvalue weighted by molar-refractivity contribution is 5.66. The molecule has 1 aromatic heterocycles. The molecule has 0 aliphatic rings. The fourth-order valence-corrected chi connectivity index (χ4v) is 1.49. The largest absolute Gasteiger partial charge is 0.348 e. The first-order valence-electron chi connectivity index (χ1n) is 5.09. The Kier molecular flexibility index (Phi) is 3.17. The van der Waals surface area contributed by atoms with Crippen molar-refractivity contribution in [3.05, 3.63) is 36.3 Å². The van der Waals surface area contributed by atoms with Gasteiger partial charge in [0.15, 0.2) is 6.19 Å². The van der Waals surface area contributed by atoms with Crippen LogP contribution in [0.25, 0.3) is 11.3 Å². The fraction of sp³-hybridized carbons (Fsp3) is 0.0833. The Morgan fingerprint density at radius 2 is 2.18 bits per heavy atom. The van der Waals surface area contributed by atoms with Crippen LogP contribution < -0.4 is 5.32 Å². The highest BCUT2D eigenvalue weighted by atomic mass is 14.9. The summed E-state index contributed by atoms with van der Waals surface area (Å²) < 4.78 is 0. The third-order valence-electron chi connectivity index (χ3n) is 2.31. The number of benzene rings is 1. The second-order valence-corrected chi connectivity index (χ2v) is 3.44. The van der Waals surface area contributed by atoms with Crippen molar-refractivity contribution in [3.8, 4) is 17.5 Å². The highest BCUT2D eigenvalue weighted by Crippen LogP contribution is 2.22. The maximum absolute atomic E-state index is 8.28. The smallest absolute Gasteiger partial charge is 0.182 e. The summed E-state index contributed by atoms with van der Waals surface area (Å²) in [4.78, 5) is 11.3. The molecule has 0 aliphatic carbocycles. The highest BCUT2D eigenvalue weighted by Gasteiger charge is 2.03. The summed E-state index contributed by atoms with van der Waals surface area (Å²) in [7, 11) is 0. The SMILES string of the molecule is Cc1[nH]cnc1-c1ccc(/N=C/NC#N)cc1. The van der Waals surface area contributed by atoms with Crippen LogP contribution in [-0.2, 0) is 0 Å². The molecule has 17 heavy (non-hydrogen) atoms. The van der Waals surface area contributed by atoms with E-state index in [1.807, 2.05) is 31.2 Å². The van der Waals surface area contributed by atoms with Crippen molar-refractivity contribution in [3.63, 3.8) is 0 Å². The van der Waals surface area contributed by atoms with E-state index in [2.05, 4.69) is 20.3 Å². The third kappa shape index (κ3) is 2.49. The molecule has 0 radical (unpaired) electrons. The van der Waals surface area contributed by atoms with Gasteiger partial charge in [0.1, 0.15) is 6.34 Å². The van der Waals surface area contributed by atoms with E-state index in [0.29, 0.717) is 0 Å². The van der Waals surface area contributed by atoms with Crippen molar-refractivity contribution in [2.24, 2.45) is 4.99 Å². The number of aryl methyl sites for hydroxylation is 1. The van der Waals surface area contributed by atoms with Gasteiger partial charge in [0.2, 0.25) is 0 Å². The van der Waals surface area contributed by atoms with Crippen LogP contribution in [0.15, 0.2) is 35.6 Å². The van der Waals surface area contributed by atoms with E-state index in [1.165, 1.54) is 6.34 Å². The molecule has 0 bridgehead atoms. The molecule has 1 heterocycles. The summed E-state index contributed by atoms with van der Waals surface area (Å²) in [5.41, 5.74) is 3.80. The molecule has 0 aliphatic heterocycles. The predicted octanol–water partition coefficient (Wildman–Crippen LogP) is 2.12. The van der Waals surface area contributed by atoms with E-state index in [-0.39, 0.29) is 0 Å². The fourth-order valence-electron chi connectivity index (χ4n) is 1.49. The summed E-state index contributed by atoms with van der Waals surface area (Å²) in [5, 5.41) is 10.6. The van der Waals surface area contributed by atoms with Gasteiger partial charge < -0.3 is 4.98 Å². The normalized spacial score (nSPS) is 10.4. The summed E-state index contributed by atoms with van der Waals surface area (Å²) >= 11 is 0. The van der Waals surface area contributed by atoms with E-state index in [0.717, 1.165) is 22.6 Å². The van der Waals surface area contributed by atoms with Crippen LogP contribution in [0, 0.1) is 18.4 Å². The molecule has 5 heteroatoms. The molecule has 0 amide bonds. The topological polar surface area (TPSA) is 76.9 Å². The average molecular weight is 225 g/mol. The van der Waals surface area contributed by atoms with Crippen molar-refractivity contribution in [2.75, 3.05) is 0 Å². The molecule has 5 nitrogen and oxygen atoms in total. The number of aliphatic imine (C=N–C) groups is 1. The number of nitrogens with zero attached hydrogens (tertiary/aromatic N) is 3. The van der Waals surface area contributed by atoms with Crippen molar-refractivity contribution in [2.45, 2.75) is 6.92 Å². The summed E-state index contributed by atoms with van der Waals surface area (Å²) in [6.07, 6.45) is 4.80. The van der Waals surface area contributed by atoms with Gasteiger partial charge in [0.25, 0.3) is 0 Å². The molecular weight excluding hydrogens is 214 g/mol. The van der Waals surface area contributed by atoms with Crippen LogP contribution in [-0.4, -0.2) is 16.3 Å². The molecule has 2 rings (SSSR count). The van der Waals surface area contributed by atoms with Crippen LogP contribution in [0.3, 0.4) is 0 Å². The van der Waals surface area contributed by atoms with Crippen LogP contribution >= 0.6 is 0 Å². The molecule has 0 spiro atoms. The molecule has 0 atom stereocenters. The Morgan fingerprint density at radius 3 is 2.76 bits per heavy atom. The quantitative estimate of drug-likeness (QED) is 0.363. The van der Waals surface area contributed by atoms with Gasteiger partial charge in [-0.05, 0) is 19.1 Å². The minimum absolute atomic E-state index is 0.782. The third-order valence-corrected chi connectivity index (χ3v) is 2.31. The number of nitrogens with one attached hydrogen (secondary N) is 2. The molecule has 0 fully saturated rings. The molecule has 84 valence electrons. The zero-order chi connectivity index (χ0) is 12.1. The first-order valence-corrected chi connectivity index (χ1v) is 5.09. The molecule has 0 unspecified atom stereocenters. The van der Waals surface area contributed by atoms with Crippen molar-refractivity contribution in [1.29, 1.82) is 5.26 Å². The lowest BCUT2D eigenvalue weighted by molar-refractivity contribution is 1.25. The average Bonchev–Trinajstić information content (AvgIpc) is 2.77. The van der Waals surface area contributed by atoms with Crippen LogP contribution in [0.5, 0.6) is 0 Å². The number of aromatic nitrogens is 2. The minimum Gasteiger partial charge on any atom is -0.348 e. The maximum Gasteiger partial charge on any atom is 0.182 e. The predicted molar refractivity (Wildman–Crippen MR) is 65.7 cm³/mol. The van der Waals surface area contributed by atoms with Crippen LogP contribution in [0.2, 0.25) is 0 Å². The lowest BCUT2D eigenvalue weighted by Gasteiger charge is -1.99. The van der Waals surface area contributed by atoms with E-state index in [1.54, 1.807) is 12.5 Å². The van der Waals surface area contributed by atoms with Crippen LogP contribution in [0.4, 0.5) is 5.69 Å². The van der Waals surface area contributed by atoms with Crippen molar-refractivity contribution in [1.82, 2.24) is 15.3 Å². The zero-order valence-corrected chi connectivity index (χ0v) is 9.31. The Balaban J connectivity index is 2.19. The lowest BCUT2D eigenvalue weighted by Crippen LogP contribution is -1.98. The first-order chi connectivity index (χ1) is 8.31. The number of rotatable bonds is 3. The molecular formula is C12H11N5. The molecule has 2 aromatic rings. The Hall–Kier alpha value is -2.61. The Bertz CT molecular complexity index is 559. The summed E-state index contributed by atoms with van der Waals surface area (Å²) in [5.74, 6) is 0. The summed E-state index contributed by atoms with van der Waals surface area (Å²) in [6.45, 7) is 1.98. The number of H-pyrrole nitrogens is 1. The summed E-state index contributed by atoms with van der Waals surface area (Å²) in [6, 6.07) is 7.64. The van der Waals surface area contributed by atoms with Crippen molar-refractivity contribution < 1.29 is 0 Å². The molecule has 0 saturated heterocycles. The number of aromatic amines is 1. The zero-order valence-electron chi connectivity index (χ0n) is 9.31. The van der Waals surface area contributed by atoms with E-state index < -0.39 is 0 Å². The molecule has 2 N–H and O–H groups in total. The Morgan fingerprint density at radius 1 is 1.41 bits per heavy atom. The molecule has 0 saturated carbocycles. The van der Waals surface area contributed by atoms with E-state index >= 15 is 0 Å². The monoisotopic (exact) mass is 225 g/mol. The van der Waals surface area contributed by atoms with Gasteiger partial charge in [-0.2, -0.15) is 5.26 Å². The van der Waals surface area contributed by atoms with Gasteiger partial charge in [0, 0.05) is 11.3 Å². The standard InChI is InChI=1S/C12H11N5/c1-9-12(17-8-15-9)10-2-4-11(5-3-10)16-7-14-6-13/h2-5,7-8H,1H3,(H,14,16)(H,15,17). The second kappa shape index (κ2) is 4.94. The van der Waals surface area contributed by atoms with E-state index in [4.69, 9.17) is 5.26 Å². The number of hydrogen-bond acceptors (Lipinski definition) is 3. The minimum atomic E-state index is 0.782. The van der Waals surface area contributed by atoms with Crippen LogP contribution in [0.1, 0.15) is 5.69 Å². The first kappa shape index (κ1) is 10.9. The van der Waals surface area contributed by atoms with Gasteiger partial charge in [0.05, 0.1) is 17.7 Å². The lowest BCUT2D eigenvalue weighted by atomic mass is 10.1. The van der Waals surface area contributed by atoms with Gasteiger partial charge in [-0.3, -0.25) is 5.32 Å². The number of hydrogen-bond donors (Lipinski definition) is 2. The van der Waals surface area contributed by atoms with Gasteiger partial charge in [-0.1, -0.05) is 12.1 Å². The van der Waals surface area contributed by atoms with Gasteiger partial charge in [-0.25, -0.2) is 9.98 Å². The van der Waals surface area contributed by atoms with Gasteiger partial charge >= 0.3 is 0 Å². The number of nitriles is 1. The second-order valence-electron chi connectivity index (χ2n) is 3.44. The molecule has 1 aromatic carbocycles. The van der Waals surface area contributed by atoms with Gasteiger partial charge in [-0.15, -0.1) is 0 Å². The maximum atomic E-state index is 8.28. The number of imidazole rings is 1. The van der Waals surface area contributed by atoms with Crippen molar-refractivity contribution >= 4 is 12.0 Å². The Labute approximate surface area is 98.8 Å². The van der Waals surface area contributed by atoms with E-state index in [9.17, 15) is 0 Å².